The summed E-state index contributed by atoms with van der Waals surface area (Å²) in [4.78, 5) is 172. The van der Waals surface area contributed by atoms with E-state index >= 15 is 19.2 Å². The molecule has 0 fully saturated rings. The van der Waals surface area contributed by atoms with Crippen LogP contribution in [0.25, 0.3) is 0 Å². The highest BCUT2D eigenvalue weighted by Gasteiger charge is 2.35. The van der Waals surface area contributed by atoms with E-state index in [1.54, 1.807) is 61.1 Å². The smallest absolute Gasteiger partial charge is 0.335 e. The summed E-state index contributed by atoms with van der Waals surface area (Å²) in [5.41, 5.74) is 2.71. The Morgan fingerprint density at radius 2 is 0.710 bits per heavy atom. The summed E-state index contributed by atoms with van der Waals surface area (Å²) in [5.74, 6) is -8.97. The van der Waals surface area contributed by atoms with Crippen LogP contribution in [0.15, 0.2) is 104 Å². The van der Waals surface area contributed by atoms with E-state index in [2.05, 4.69) is 82.8 Å². The molecule has 48 nitrogen and oxygen atoms in total. The van der Waals surface area contributed by atoms with Gasteiger partial charge >= 0.3 is 17.9 Å². The second-order valence-electron chi connectivity index (χ2n) is 31.2. The Kier molecular flexibility index (Phi) is 45.3. The number of nitrogens with zero attached hydrogens (tertiary/aromatic N) is 20. The second kappa shape index (κ2) is 55.6. The predicted molar refractivity (Wildman–Crippen MR) is 505 cm³/mol. The summed E-state index contributed by atoms with van der Waals surface area (Å²) in [6.07, 6.45) is 11.0. The molecule has 138 heavy (non-hydrogen) atoms. The third-order valence-corrected chi connectivity index (χ3v) is 27.5. The molecule has 750 valence electrons. The Labute approximate surface area is 809 Å². The van der Waals surface area contributed by atoms with Crippen molar-refractivity contribution in [1.29, 1.82) is 0 Å². The number of hydrogen-bond donors (Lipinski definition) is 10. The van der Waals surface area contributed by atoms with Crippen LogP contribution in [0.2, 0.25) is 0 Å². The fourth-order valence-electron chi connectivity index (χ4n) is 13.6. The van der Waals surface area contributed by atoms with Crippen molar-refractivity contribution < 1.29 is 98.1 Å². The van der Waals surface area contributed by atoms with Crippen LogP contribution in [0.1, 0.15) is 241 Å². The summed E-state index contributed by atoms with van der Waals surface area (Å²) < 4.78 is 73.2. The Morgan fingerprint density at radius 1 is 0.377 bits per heavy atom. The van der Waals surface area contributed by atoms with E-state index in [-0.39, 0.29) is 135 Å². The standard InChI is InChI=1S/C80H105N27O21S6.2C2H6/c1-5-6-7-20-63(108)45-102(51(2)54-24-30-57(31-25-54)72(117)118)47-68(113)100(37-12-9-18-61-43-104(98-89-61)40-15-22-65(110)86-76-92-95-79(130-76)133(82,125)126)49-71(116)107(53(4)56-28-34-59(35-29-56)74(121)122)50-69(114)101(38-13-10-19-62-44-105(99-90-62)41-16-23-66(111)87-77-93-96-80(131-77)134(83,127)128)48-70(115)106(52(3)55-26-32-58(33-27-55)73(119)120)46-67(112)84-36-11-8-17-60-42-103(97-88-60)39-14-21-64(109)85-75-91-94-78(129-75)132(81,123)124;2*1-2/h24-35,42-44,51-53H,5-23,36-41,45-50H2,1-4H3,(H,84,112)(H,117,118)(H,119,120)(H,121,122)(H2,81,123,124)(H2,82,125,126)(H2,83,127,128)(H,85,91,109)(H,86,92,110)(H,87,93,111);2*1-2H3/t51-,52-,53-;;/m1../s1. The van der Waals surface area contributed by atoms with Crippen LogP contribution in [0.5, 0.6) is 0 Å². The van der Waals surface area contributed by atoms with Gasteiger partial charge in [-0.1, -0.05) is 134 Å². The highest BCUT2D eigenvalue weighted by molar-refractivity contribution is 7.91. The number of Topliss-reactive ketones (excluding diaryl/α,β-unsaturated/α-hetero) is 1. The first-order chi connectivity index (χ1) is 65.7. The molecule has 0 spiro atoms. The molecule has 0 saturated heterocycles. The number of nitrogens with two attached hydrogens (primary N) is 3. The van der Waals surface area contributed by atoms with Gasteiger partial charge in [0, 0.05) is 89.6 Å². The molecule has 8 amide bonds. The molecule has 0 radical (unpaired) electrons. The number of aromatic nitrogens is 15. The summed E-state index contributed by atoms with van der Waals surface area (Å²) in [6, 6.07) is 14.3. The van der Waals surface area contributed by atoms with Crippen molar-refractivity contribution in [3.8, 4) is 0 Å². The minimum Gasteiger partial charge on any atom is -0.478 e. The molecule has 0 aliphatic rings. The van der Waals surface area contributed by atoms with Crippen LogP contribution >= 0.6 is 34.0 Å². The third-order valence-electron chi connectivity index (χ3n) is 21.0. The first-order valence-corrected chi connectivity index (χ1v) is 51.6. The molecule has 0 unspecified atom stereocenters. The second-order valence-corrected chi connectivity index (χ2v) is 39.4. The summed E-state index contributed by atoms with van der Waals surface area (Å²) in [5, 5.41) is 102. The predicted octanol–water partition coefficient (Wildman–Crippen LogP) is 5.90. The van der Waals surface area contributed by atoms with Gasteiger partial charge in [-0.05, 0) is 157 Å². The molecule has 9 aromatic rings. The summed E-state index contributed by atoms with van der Waals surface area (Å²) >= 11 is 1.77. The Morgan fingerprint density at radius 3 is 1.04 bits per heavy atom. The number of rotatable bonds is 58. The zero-order valence-corrected chi connectivity index (χ0v) is 82.5. The minimum absolute atomic E-state index is 0.0118. The number of carbonyl (C=O) groups is 12. The number of aryl methyl sites for hydroxylation is 6. The van der Waals surface area contributed by atoms with Crippen molar-refractivity contribution in [1.82, 2.24) is 105 Å². The van der Waals surface area contributed by atoms with E-state index < -0.39 is 159 Å². The van der Waals surface area contributed by atoms with Gasteiger partial charge in [0.05, 0.1) is 72.0 Å². The molecule has 0 aliphatic carbocycles. The Hall–Kier alpha value is -12.7. The number of primary sulfonamides is 3. The molecule has 0 saturated carbocycles. The third kappa shape index (κ3) is 37.3. The Bertz CT molecular complexity index is 5930. The van der Waals surface area contributed by atoms with E-state index in [1.165, 1.54) is 89.6 Å². The average molecular weight is 2030 g/mol. The molecular formula is C84H117N27O21S6. The molecule has 13 N–H and O–H groups in total. The van der Waals surface area contributed by atoms with Gasteiger partial charge in [0.15, 0.2) is 0 Å². The number of anilines is 3. The maximum Gasteiger partial charge on any atom is 0.335 e. The number of hydrogen-bond acceptors (Lipinski definition) is 34. The van der Waals surface area contributed by atoms with Crippen LogP contribution < -0.4 is 36.7 Å². The van der Waals surface area contributed by atoms with Gasteiger partial charge in [-0.3, -0.25) is 62.1 Å². The number of amides is 8. The SMILES string of the molecule is CC.CC.CCCCCC(=O)CN(CC(=O)N(CCCCc1cn(CCCC(=O)Nc2nnc(S(N)(=O)=O)s2)nn1)CC(=O)N(CC(=O)N(CCCCc1cn(CCCC(=O)Nc2nnc(S(N)(=O)=O)s2)nn1)CC(=O)N(CC(=O)NCCCCc1cn(CCCC(=O)Nc2nnc(S(N)(=O)=O)s2)nn1)[C@H](C)c1ccc(C(=O)O)cc1)[C@H](C)c1ccc(C(=O)O)cc1)[C@H](C)c1ccc(C(=O)O)cc1. The van der Waals surface area contributed by atoms with Gasteiger partial charge in [0.2, 0.25) is 75.7 Å². The van der Waals surface area contributed by atoms with E-state index in [1.807, 2.05) is 34.6 Å². The van der Waals surface area contributed by atoms with Crippen molar-refractivity contribution >= 4 is 150 Å². The number of benzene rings is 3. The van der Waals surface area contributed by atoms with Gasteiger partial charge < -0.3 is 56.2 Å². The topological polar surface area (TPSA) is 680 Å². The number of carboxylic acid groups (broad SMARTS) is 3. The zero-order chi connectivity index (χ0) is 101. The number of nitrogens with one attached hydrogen (secondary N) is 4. The number of ketones is 1. The van der Waals surface area contributed by atoms with Crippen LogP contribution in [0, 0.1) is 0 Å². The number of sulfonamides is 3. The van der Waals surface area contributed by atoms with Crippen LogP contribution in [0.4, 0.5) is 15.4 Å². The van der Waals surface area contributed by atoms with Crippen molar-refractivity contribution in [3.05, 3.63) is 142 Å². The molecule has 54 heteroatoms. The molecule has 6 heterocycles. The molecule has 9 rings (SSSR count). The van der Waals surface area contributed by atoms with Crippen molar-refractivity contribution in [2.24, 2.45) is 15.4 Å². The lowest BCUT2D eigenvalue weighted by Gasteiger charge is -2.35. The van der Waals surface area contributed by atoms with E-state index in [0.29, 0.717) is 126 Å². The summed E-state index contributed by atoms with van der Waals surface area (Å²) in [7, 11) is -12.4. The normalized spacial score (nSPS) is 12.1. The largest absolute Gasteiger partial charge is 0.478 e. The first-order valence-electron chi connectivity index (χ1n) is 44.5. The number of carbonyl (C=O) groups excluding carboxylic acids is 9. The van der Waals surface area contributed by atoms with E-state index in [4.69, 9.17) is 15.4 Å². The first kappa shape index (κ1) is 112. The fraction of sp³-hybridized carbons (Fsp3) is 0.500. The quantitative estimate of drug-likeness (QED) is 0.0157. The van der Waals surface area contributed by atoms with Gasteiger partial charge in [-0.15, -0.1) is 45.9 Å². The molecule has 3 aromatic carbocycles. The number of aromatic carboxylic acids is 3. The monoisotopic (exact) mass is 2030 g/mol. The summed E-state index contributed by atoms with van der Waals surface area (Å²) in [6.45, 7) is 12.0. The molecule has 0 aliphatic heterocycles. The van der Waals surface area contributed by atoms with Gasteiger partial charge in [-0.2, -0.15) is 0 Å². The minimum atomic E-state index is -4.16. The lowest BCUT2D eigenvalue weighted by atomic mass is 10.0. The lowest BCUT2D eigenvalue weighted by molar-refractivity contribution is -0.148. The number of unbranched alkanes of at least 4 members (excludes halogenated alkanes) is 5. The van der Waals surface area contributed by atoms with Gasteiger partial charge in [-0.25, -0.2) is 55.1 Å². The molecular weight excluding hydrogens is 1920 g/mol. The Balaban J connectivity index is 0.00000639. The molecule has 3 atom stereocenters. The average Bonchev–Trinajstić information content (AvgIpc) is 1.52. The zero-order valence-electron chi connectivity index (χ0n) is 77.6. The highest BCUT2D eigenvalue weighted by Crippen LogP contribution is 2.29. The van der Waals surface area contributed by atoms with Crippen molar-refractivity contribution in [2.45, 2.75) is 228 Å². The highest BCUT2D eigenvalue weighted by atomic mass is 32.3. The van der Waals surface area contributed by atoms with Crippen LogP contribution in [-0.4, -0.2) is 270 Å². The van der Waals surface area contributed by atoms with Crippen LogP contribution in [-0.2, 0) is 112 Å². The fourth-order valence-corrected chi connectivity index (χ4v) is 17.7. The maximum absolute atomic E-state index is 15.9. The van der Waals surface area contributed by atoms with Gasteiger partial charge in [0.25, 0.3) is 30.1 Å². The van der Waals surface area contributed by atoms with E-state index in [9.17, 15) is 78.9 Å². The van der Waals surface area contributed by atoms with Crippen LogP contribution in [0.3, 0.4) is 0 Å². The molecule has 0 bridgehead atoms. The number of carboxylic acids is 3. The molecule has 6 aromatic heterocycles. The van der Waals surface area contributed by atoms with E-state index in [0.717, 1.165) is 12.8 Å². The lowest BCUT2D eigenvalue weighted by Crippen LogP contribution is -2.52. The van der Waals surface area contributed by atoms with Crippen molar-refractivity contribution in [2.75, 3.05) is 74.9 Å². The van der Waals surface area contributed by atoms with Crippen molar-refractivity contribution in [3.63, 3.8) is 0 Å². The van der Waals surface area contributed by atoms with Gasteiger partial charge in [0.1, 0.15) is 18.9 Å². The maximum atomic E-state index is 15.9.